The number of nitrogens with one attached hydrogen (secondary N) is 1. The number of carbonyl (C=O) groups excluding carboxylic acids is 2. The summed E-state index contributed by atoms with van der Waals surface area (Å²) in [7, 11) is -4.07. The lowest BCUT2D eigenvalue weighted by Gasteiger charge is -2.25. The Morgan fingerprint density at radius 3 is 2.35 bits per heavy atom. The average Bonchev–Trinajstić information content (AvgIpc) is 2.81. The number of benzene rings is 3. The first-order valence-corrected chi connectivity index (χ1v) is 12.4. The van der Waals surface area contributed by atoms with Crippen molar-refractivity contribution in [2.24, 2.45) is 0 Å². The van der Waals surface area contributed by atoms with Crippen molar-refractivity contribution in [3.8, 4) is 0 Å². The summed E-state index contributed by atoms with van der Waals surface area (Å²) in [5.41, 5.74) is 2.25. The minimum absolute atomic E-state index is 0.0417. The van der Waals surface area contributed by atoms with E-state index in [1.54, 1.807) is 69.3 Å². The van der Waals surface area contributed by atoms with Gasteiger partial charge in [0.15, 0.2) is 0 Å². The van der Waals surface area contributed by atoms with Gasteiger partial charge in [-0.3, -0.25) is 9.10 Å². The third-order valence-electron chi connectivity index (χ3n) is 5.17. The number of halogens is 1. The van der Waals surface area contributed by atoms with E-state index in [1.165, 1.54) is 18.2 Å². The maximum atomic E-state index is 13.4. The fourth-order valence-electron chi connectivity index (χ4n) is 3.29. The molecule has 0 atom stereocenters. The normalized spacial score (nSPS) is 11.1. The van der Waals surface area contributed by atoms with E-state index in [4.69, 9.17) is 16.3 Å². The first kappa shape index (κ1) is 25.3. The summed E-state index contributed by atoms with van der Waals surface area (Å²) in [5.74, 6) is -1.08. The van der Waals surface area contributed by atoms with Gasteiger partial charge >= 0.3 is 5.97 Å². The highest BCUT2D eigenvalue weighted by Crippen LogP contribution is 2.28. The molecule has 0 aliphatic carbocycles. The monoisotopic (exact) mass is 500 g/mol. The number of hydrogen-bond acceptors (Lipinski definition) is 5. The molecule has 178 valence electrons. The van der Waals surface area contributed by atoms with Crippen LogP contribution in [-0.2, 0) is 19.6 Å². The van der Waals surface area contributed by atoms with Crippen LogP contribution >= 0.6 is 11.6 Å². The van der Waals surface area contributed by atoms with Gasteiger partial charge in [-0.2, -0.15) is 0 Å². The van der Waals surface area contributed by atoms with Gasteiger partial charge in [0.25, 0.3) is 10.0 Å². The van der Waals surface area contributed by atoms with Crippen LogP contribution in [0.3, 0.4) is 0 Å². The molecule has 3 aromatic rings. The molecule has 0 heterocycles. The van der Waals surface area contributed by atoms with Crippen LogP contribution in [0.25, 0.3) is 0 Å². The van der Waals surface area contributed by atoms with E-state index in [9.17, 15) is 18.0 Å². The van der Waals surface area contributed by atoms with E-state index < -0.39 is 28.4 Å². The molecular weight excluding hydrogens is 476 g/mol. The Kier molecular flexibility index (Phi) is 7.96. The molecule has 0 aliphatic heterocycles. The predicted octanol–water partition coefficient (Wildman–Crippen LogP) is 4.97. The van der Waals surface area contributed by atoms with Gasteiger partial charge in [0.2, 0.25) is 5.91 Å². The predicted molar refractivity (Wildman–Crippen MR) is 133 cm³/mol. The Morgan fingerprint density at radius 2 is 1.71 bits per heavy atom. The van der Waals surface area contributed by atoms with Crippen LogP contribution in [0, 0.1) is 13.8 Å². The van der Waals surface area contributed by atoms with Gasteiger partial charge in [0.1, 0.15) is 6.54 Å². The zero-order valence-corrected chi connectivity index (χ0v) is 20.6. The Labute approximate surface area is 204 Å². The van der Waals surface area contributed by atoms with Crippen LogP contribution in [0.2, 0.25) is 5.02 Å². The highest BCUT2D eigenvalue weighted by molar-refractivity contribution is 7.92. The molecule has 0 fully saturated rings. The molecule has 0 aromatic heterocycles. The summed E-state index contributed by atoms with van der Waals surface area (Å²) in [6, 6.07) is 17.5. The summed E-state index contributed by atoms with van der Waals surface area (Å²) >= 11 is 6.25. The molecule has 34 heavy (non-hydrogen) atoms. The molecular formula is C25H25ClN2O5S. The lowest BCUT2D eigenvalue weighted by molar-refractivity contribution is -0.114. The minimum atomic E-state index is -4.07. The topological polar surface area (TPSA) is 92.8 Å². The van der Waals surface area contributed by atoms with Crippen molar-refractivity contribution in [1.82, 2.24) is 0 Å². The number of esters is 1. The van der Waals surface area contributed by atoms with Crippen molar-refractivity contribution in [2.45, 2.75) is 25.7 Å². The number of rotatable bonds is 8. The zero-order chi connectivity index (χ0) is 24.9. The molecule has 0 unspecified atom stereocenters. The third kappa shape index (κ3) is 5.58. The van der Waals surface area contributed by atoms with E-state index in [0.717, 1.165) is 9.87 Å². The van der Waals surface area contributed by atoms with Gasteiger partial charge in [0, 0.05) is 10.7 Å². The molecule has 3 rings (SSSR count). The lowest BCUT2D eigenvalue weighted by atomic mass is 10.1. The van der Waals surface area contributed by atoms with Crippen LogP contribution in [0.15, 0.2) is 71.6 Å². The van der Waals surface area contributed by atoms with Gasteiger partial charge in [-0.1, -0.05) is 41.9 Å². The largest absolute Gasteiger partial charge is 0.462 e. The smallest absolute Gasteiger partial charge is 0.338 e. The molecule has 3 aromatic carbocycles. The molecule has 1 N–H and O–H groups in total. The van der Waals surface area contributed by atoms with Crippen molar-refractivity contribution in [2.75, 3.05) is 22.8 Å². The highest BCUT2D eigenvalue weighted by Gasteiger charge is 2.28. The first-order chi connectivity index (χ1) is 16.1. The van der Waals surface area contributed by atoms with E-state index in [-0.39, 0.29) is 17.2 Å². The van der Waals surface area contributed by atoms with Gasteiger partial charge in [-0.15, -0.1) is 0 Å². The van der Waals surface area contributed by atoms with E-state index >= 15 is 0 Å². The summed E-state index contributed by atoms with van der Waals surface area (Å²) in [6.45, 7) is 4.91. The molecule has 7 nitrogen and oxygen atoms in total. The van der Waals surface area contributed by atoms with Gasteiger partial charge in [-0.05, 0) is 68.3 Å². The van der Waals surface area contributed by atoms with Crippen LogP contribution in [0.1, 0.15) is 28.4 Å². The Balaban J connectivity index is 1.95. The molecule has 0 bridgehead atoms. The quantitative estimate of drug-likeness (QED) is 0.441. The summed E-state index contributed by atoms with van der Waals surface area (Å²) < 4.78 is 32.9. The highest BCUT2D eigenvalue weighted by atomic mass is 35.5. The van der Waals surface area contributed by atoms with Crippen molar-refractivity contribution in [1.29, 1.82) is 0 Å². The van der Waals surface area contributed by atoms with Crippen molar-refractivity contribution in [3.63, 3.8) is 0 Å². The number of sulfonamides is 1. The van der Waals surface area contributed by atoms with E-state index in [2.05, 4.69) is 5.32 Å². The van der Waals surface area contributed by atoms with Gasteiger partial charge in [-0.25, -0.2) is 13.2 Å². The average molecular weight is 501 g/mol. The van der Waals surface area contributed by atoms with E-state index in [0.29, 0.717) is 21.8 Å². The lowest BCUT2D eigenvalue weighted by Crippen LogP contribution is -2.38. The van der Waals surface area contributed by atoms with Gasteiger partial charge < -0.3 is 10.1 Å². The Bertz CT molecular complexity index is 1310. The van der Waals surface area contributed by atoms with Crippen molar-refractivity contribution < 1.29 is 22.7 Å². The maximum absolute atomic E-state index is 13.4. The van der Waals surface area contributed by atoms with Crippen LogP contribution in [0.4, 0.5) is 11.4 Å². The molecule has 0 saturated carbocycles. The standard InChI is InChI=1S/C25H25ClN2O5S/c1-4-33-25(30)21-11-8-12-23(18(21)3)27-24(29)16-28(19-14-13-17(2)22(26)15-19)34(31,32)20-9-6-5-7-10-20/h5-15H,4,16H2,1-3H3,(H,27,29). The number of carbonyl (C=O) groups is 2. The van der Waals surface area contributed by atoms with E-state index in [1.807, 2.05) is 0 Å². The van der Waals surface area contributed by atoms with Crippen LogP contribution in [0.5, 0.6) is 0 Å². The number of anilines is 2. The number of hydrogen-bond donors (Lipinski definition) is 1. The Morgan fingerprint density at radius 1 is 1.00 bits per heavy atom. The number of amides is 1. The number of ether oxygens (including phenoxy) is 1. The number of aryl methyl sites for hydroxylation is 1. The van der Waals surface area contributed by atoms with Crippen LogP contribution in [-0.4, -0.2) is 33.4 Å². The van der Waals surface area contributed by atoms with Gasteiger partial charge in [0.05, 0.1) is 22.8 Å². The molecule has 0 aliphatic rings. The van der Waals surface area contributed by atoms with Crippen molar-refractivity contribution >= 4 is 44.9 Å². The van der Waals surface area contributed by atoms with Crippen molar-refractivity contribution in [3.05, 3.63) is 88.4 Å². The Hall–Kier alpha value is -3.36. The summed E-state index contributed by atoms with van der Waals surface area (Å²) in [6.07, 6.45) is 0. The second kappa shape index (κ2) is 10.7. The zero-order valence-electron chi connectivity index (χ0n) is 19.0. The number of nitrogens with zero attached hydrogens (tertiary/aromatic N) is 1. The first-order valence-electron chi connectivity index (χ1n) is 10.6. The fourth-order valence-corrected chi connectivity index (χ4v) is 4.90. The maximum Gasteiger partial charge on any atom is 0.338 e. The molecule has 0 saturated heterocycles. The second-order valence-electron chi connectivity index (χ2n) is 7.51. The second-order valence-corrected chi connectivity index (χ2v) is 9.77. The SMILES string of the molecule is CCOC(=O)c1cccc(NC(=O)CN(c2ccc(C)c(Cl)c2)S(=O)(=O)c2ccccc2)c1C. The summed E-state index contributed by atoms with van der Waals surface area (Å²) in [5, 5.41) is 3.09. The molecule has 1 amide bonds. The molecule has 0 radical (unpaired) electrons. The third-order valence-corrected chi connectivity index (χ3v) is 7.36. The summed E-state index contributed by atoms with van der Waals surface area (Å²) in [4.78, 5) is 25.2. The minimum Gasteiger partial charge on any atom is -0.462 e. The fraction of sp³-hybridized carbons (Fsp3) is 0.200. The molecule has 0 spiro atoms. The van der Waals surface area contributed by atoms with Crippen LogP contribution < -0.4 is 9.62 Å². The molecule has 9 heteroatoms.